The lowest BCUT2D eigenvalue weighted by Crippen LogP contribution is -2.38. The predicted octanol–water partition coefficient (Wildman–Crippen LogP) is 2.17. The van der Waals surface area contributed by atoms with Gasteiger partial charge in [-0.1, -0.05) is 6.07 Å². The van der Waals surface area contributed by atoms with Crippen molar-refractivity contribution < 1.29 is 9.18 Å². The number of aromatic amines is 1. The molecule has 1 amide bonds. The lowest BCUT2D eigenvalue weighted by Gasteiger charge is -2.31. The number of amides is 1. The zero-order valence-electron chi connectivity index (χ0n) is 15.7. The molecular weight excluding hydrogens is 347 g/mol. The second-order valence-electron chi connectivity index (χ2n) is 7.21. The Balaban J connectivity index is 1.47. The summed E-state index contributed by atoms with van der Waals surface area (Å²) in [5.74, 6) is 0.399. The fourth-order valence-electron chi connectivity index (χ4n) is 3.47. The standard InChI is InChI=1S/C20H25FN4O2/c1-13-3-4-16(21)9-18(13)20(27)22-11-15-5-7-25(8-6-15)12-17-10-19(26)24-14(2)23-17/h3-4,9-10,15H,5-8,11-12H2,1-2H3,(H,22,27)(H,23,24,26). The summed E-state index contributed by atoms with van der Waals surface area (Å²) in [7, 11) is 0. The van der Waals surface area contributed by atoms with Crippen LogP contribution < -0.4 is 10.9 Å². The average molecular weight is 372 g/mol. The first-order chi connectivity index (χ1) is 12.9. The summed E-state index contributed by atoms with van der Waals surface area (Å²) < 4.78 is 13.4. The van der Waals surface area contributed by atoms with Crippen molar-refractivity contribution in [2.24, 2.45) is 5.92 Å². The number of carbonyl (C=O) groups is 1. The first kappa shape index (κ1) is 19.2. The molecule has 7 heteroatoms. The quantitative estimate of drug-likeness (QED) is 0.843. The van der Waals surface area contributed by atoms with Gasteiger partial charge in [-0.3, -0.25) is 14.5 Å². The minimum absolute atomic E-state index is 0.122. The second-order valence-corrected chi connectivity index (χ2v) is 7.21. The molecule has 1 aliphatic rings. The van der Waals surface area contributed by atoms with Crippen LogP contribution in [0.4, 0.5) is 4.39 Å². The third kappa shape index (κ3) is 5.23. The van der Waals surface area contributed by atoms with Crippen LogP contribution in [0.2, 0.25) is 0 Å². The van der Waals surface area contributed by atoms with Gasteiger partial charge in [0.05, 0.1) is 5.69 Å². The van der Waals surface area contributed by atoms with Gasteiger partial charge in [0.2, 0.25) is 0 Å². The lowest BCUT2D eigenvalue weighted by molar-refractivity contribution is 0.0934. The van der Waals surface area contributed by atoms with E-state index in [2.05, 4.69) is 20.2 Å². The zero-order chi connectivity index (χ0) is 19.4. The third-order valence-corrected chi connectivity index (χ3v) is 5.00. The lowest BCUT2D eigenvalue weighted by atomic mass is 9.96. The summed E-state index contributed by atoms with van der Waals surface area (Å²) in [6.45, 7) is 6.62. The van der Waals surface area contributed by atoms with E-state index < -0.39 is 5.82 Å². The summed E-state index contributed by atoms with van der Waals surface area (Å²) in [5.41, 5.74) is 1.82. The molecular formula is C20H25FN4O2. The number of hydrogen-bond acceptors (Lipinski definition) is 4. The van der Waals surface area contributed by atoms with E-state index in [4.69, 9.17) is 0 Å². The van der Waals surface area contributed by atoms with E-state index in [9.17, 15) is 14.0 Å². The van der Waals surface area contributed by atoms with E-state index >= 15 is 0 Å². The van der Waals surface area contributed by atoms with Crippen LogP contribution in [0.1, 0.15) is 40.3 Å². The maximum atomic E-state index is 13.4. The van der Waals surface area contributed by atoms with E-state index in [0.717, 1.165) is 37.2 Å². The highest BCUT2D eigenvalue weighted by molar-refractivity contribution is 5.95. The minimum Gasteiger partial charge on any atom is -0.352 e. The van der Waals surface area contributed by atoms with Crippen LogP contribution in [0.15, 0.2) is 29.1 Å². The van der Waals surface area contributed by atoms with Crippen molar-refractivity contribution >= 4 is 5.91 Å². The molecule has 3 rings (SSSR count). The van der Waals surface area contributed by atoms with E-state index in [1.54, 1.807) is 26.0 Å². The van der Waals surface area contributed by atoms with Gasteiger partial charge in [-0.2, -0.15) is 0 Å². The smallest absolute Gasteiger partial charge is 0.251 e. The van der Waals surface area contributed by atoms with Crippen molar-refractivity contribution in [3.8, 4) is 0 Å². The topological polar surface area (TPSA) is 78.1 Å². The number of nitrogens with zero attached hydrogens (tertiary/aromatic N) is 2. The molecule has 144 valence electrons. The number of likely N-dealkylation sites (tertiary alicyclic amines) is 1. The maximum Gasteiger partial charge on any atom is 0.251 e. The molecule has 1 aliphatic heterocycles. The Kier molecular flexibility index (Phi) is 6.01. The molecule has 1 aromatic carbocycles. The van der Waals surface area contributed by atoms with E-state index in [1.807, 2.05) is 0 Å². The van der Waals surface area contributed by atoms with Gasteiger partial charge in [-0.15, -0.1) is 0 Å². The summed E-state index contributed by atoms with van der Waals surface area (Å²) in [4.78, 5) is 33.1. The molecule has 2 heterocycles. The number of halogens is 1. The molecule has 0 unspecified atom stereocenters. The number of hydrogen-bond donors (Lipinski definition) is 2. The summed E-state index contributed by atoms with van der Waals surface area (Å²) in [6.07, 6.45) is 1.93. The molecule has 6 nitrogen and oxygen atoms in total. The SMILES string of the molecule is Cc1nc(CN2CCC(CNC(=O)c3cc(F)ccc3C)CC2)cc(=O)[nH]1. The summed E-state index contributed by atoms with van der Waals surface area (Å²) in [6, 6.07) is 5.80. The Hall–Kier alpha value is -2.54. The van der Waals surface area contributed by atoms with Crippen LogP contribution in [-0.4, -0.2) is 40.4 Å². The average Bonchev–Trinajstić information content (AvgIpc) is 2.62. The first-order valence-electron chi connectivity index (χ1n) is 9.24. The maximum absolute atomic E-state index is 13.4. The normalized spacial score (nSPS) is 15.7. The number of carbonyl (C=O) groups excluding carboxylic acids is 1. The van der Waals surface area contributed by atoms with Crippen molar-refractivity contribution in [3.05, 3.63) is 63.1 Å². The molecule has 27 heavy (non-hydrogen) atoms. The van der Waals surface area contributed by atoms with Crippen LogP contribution in [0.3, 0.4) is 0 Å². The molecule has 0 aliphatic carbocycles. The molecule has 2 N–H and O–H groups in total. The third-order valence-electron chi connectivity index (χ3n) is 5.00. The molecule has 0 saturated carbocycles. The number of aromatic nitrogens is 2. The number of benzene rings is 1. The van der Waals surface area contributed by atoms with Crippen LogP contribution in [-0.2, 0) is 6.54 Å². The summed E-state index contributed by atoms with van der Waals surface area (Å²) >= 11 is 0. The Morgan fingerprint density at radius 1 is 1.30 bits per heavy atom. The second kappa shape index (κ2) is 8.43. The predicted molar refractivity (Wildman–Crippen MR) is 101 cm³/mol. The van der Waals surface area contributed by atoms with Crippen molar-refractivity contribution in [2.75, 3.05) is 19.6 Å². The van der Waals surface area contributed by atoms with Gasteiger partial charge in [-0.05, 0) is 63.4 Å². The molecule has 0 spiro atoms. The summed E-state index contributed by atoms with van der Waals surface area (Å²) in [5, 5.41) is 2.93. The molecule has 1 saturated heterocycles. The van der Waals surface area contributed by atoms with Gasteiger partial charge in [0.25, 0.3) is 11.5 Å². The fraction of sp³-hybridized carbons (Fsp3) is 0.450. The number of rotatable bonds is 5. The Bertz CT molecular complexity index is 873. The largest absolute Gasteiger partial charge is 0.352 e. The Labute approximate surface area is 157 Å². The van der Waals surface area contributed by atoms with Crippen LogP contribution in [0.5, 0.6) is 0 Å². The number of nitrogens with one attached hydrogen (secondary N) is 2. The van der Waals surface area contributed by atoms with Crippen LogP contribution in [0.25, 0.3) is 0 Å². The minimum atomic E-state index is -0.400. The highest BCUT2D eigenvalue weighted by Gasteiger charge is 2.21. The zero-order valence-corrected chi connectivity index (χ0v) is 15.7. The van der Waals surface area contributed by atoms with Crippen LogP contribution >= 0.6 is 0 Å². The van der Waals surface area contributed by atoms with Crippen LogP contribution in [0, 0.1) is 25.6 Å². The van der Waals surface area contributed by atoms with Gasteiger partial charge in [0, 0.05) is 24.7 Å². The van der Waals surface area contributed by atoms with E-state index in [-0.39, 0.29) is 11.5 Å². The monoisotopic (exact) mass is 372 g/mol. The van der Waals surface area contributed by atoms with Crippen molar-refractivity contribution in [1.82, 2.24) is 20.2 Å². The van der Waals surface area contributed by atoms with Gasteiger partial charge in [0.1, 0.15) is 11.6 Å². The molecule has 0 atom stereocenters. The van der Waals surface area contributed by atoms with Gasteiger partial charge < -0.3 is 10.3 Å². The molecule has 1 aromatic heterocycles. The van der Waals surface area contributed by atoms with Crippen molar-refractivity contribution in [2.45, 2.75) is 33.2 Å². The molecule has 0 bridgehead atoms. The van der Waals surface area contributed by atoms with Gasteiger partial charge in [-0.25, -0.2) is 9.37 Å². The highest BCUT2D eigenvalue weighted by Crippen LogP contribution is 2.18. The molecule has 2 aromatic rings. The number of piperidine rings is 1. The first-order valence-corrected chi connectivity index (χ1v) is 9.24. The van der Waals surface area contributed by atoms with Gasteiger partial charge in [0.15, 0.2) is 0 Å². The van der Waals surface area contributed by atoms with Gasteiger partial charge >= 0.3 is 0 Å². The highest BCUT2D eigenvalue weighted by atomic mass is 19.1. The number of H-pyrrole nitrogens is 1. The van der Waals surface area contributed by atoms with Crippen molar-refractivity contribution in [1.29, 1.82) is 0 Å². The van der Waals surface area contributed by atoms with E-state index in [0.29, 0.717) is 30.4 Å². The van der Waals surface area contributed by atoms with E-state index in [1.165, 1.54) is 12.1 Å². The Morgan fingerprint density at radius 2 is 2.04 bits per heavy atom. The fourth-order valence-corrected chi connectivity index (χ4v) is 3.47. The number of aryl methyl sites for hydroxylation is 2. The Morgan fingerprint density at radius 3 is 2.74 bits per heavy atom. The molecule has 0 radical (unpaired) electrons. The van der Waals surface area contributed by atoms with Crippen molar-refractivity contribution in [3.63, 3.8) is 0 Å². The molecule has 1 fully saturated rings.